The molecule has 1 aliphatic carbocycles. The molecule has 4 amide bonds. The lowest BCUT2D eigenvalue weighted by molar-refractivity contribution is -0.135. The van der Waals surface area contributed by atoms with Crippen LogP contribution in [0, 0.1) is 0 Å². The van der Waals surface area contributed by atoms with E-state index in [1.165, 1.54) is 12.1 Å². The lowest BCUT2D eigenvalue weighted by atomic mass is 9.82. The molecule has 10 heteroatoms. The predicted octanol–water partition coefficient (Wildman–Crippen LogP) is 0.247. The van der Waals surface area contributed by atoms with E-state index in [1.807, 2.05) is 0 Å². The van der Waals surface area contributed by atoms with Gasteiger partial charge in [-0.05, 0) is 37.0 Å². The lowest BCUT2D eigenvalue weighted by Crippen LogP contribution is -2.49. The zero-order chi connectivity index (χ0) is 20.4. The van der Waals surface area contributed by atoms with Gasteiger partial charge < -0.3 is 10.6 Å². The van der Waals surface area contributed by atoms with Crippen molar-refractivity contribution in [3.05, 3.63) is 29.8 Å². The number of benzene rings is 1. The van der Waals surface area contributed by atoms with Crippen molar-refractivity contribution >= 4 is 27.9 Å². The number of imide groups is 1. The van der Waals surface area contributed by atoms with Crippen molar-refractivity contribution in [2.75, 3.05) is 13.1 Å². The molecule has 1 aromatic carbocycles. The van der Waals surface area contributed by atoms with Crippen molar-refractivity contribution in [2.45, 2.75) is 49.0 Å². The highest BCUT2D eigenvalue weighted by Crippen LogP contribution is 2.33. The van der Waals surface area contributed by atoms with E-state index >= 15 is 0 Å². The highest BCUT2D eigenvalue weighted by molar-refractivity contribution is 7.89. The third kappa shape index (κ3) is 4.33. The van der Waals surface area contributed by atoms with Crippen LogP contribution in [0.2, 0.25) is 0 Å². The van der Waals surface area contributed by atoms with Gasteiger partial charge in [0.25, 0.3) is 5.91 Å². The minimum atomic E-state index is -3.73. The van der Waals surface area contributed by atoms with Crippen molar-refractivity contribution < 1.29 is 22.8 Å². The van der Waals surface area contributed by atoms with Crippen LogP contribution in [0.5, 0.6) is 0 Å². The van der Waals surface area contributed by atoms with E-state index in [1.54, 1.807) is 12.1 Å². The summed E-state index contributed by atoms with van der Waals surface area (Å²) in [6.07, 6.45) is 4.52. The highest BCUT2D eigenvalue weighted by atomic mass is 32.2. The second kappa shape index (κ2) is 7.88. The van der Waals surface area contributed by atoms with Gasteiger partial charge in [0.2, 0.25) is 15.9 Å². The van der Waals surface area contributed by atoms with E-state index in [-0.39, 0.29) is 17.3 Å². The molecule has 1 spiro atoms. The molecule has 9 nitrogen and oxygen atoms in total. The zero-order valence-electron chi connectivity index (χ0n) is 15.4. The summed E-state index contributed by atoms with van der Waals surface area (Å²) in [5.41, 5.74) is -0.00964. The largest absolute Gasteiger partial charge is 0.354 e. The fourth-order valence-electron chi connectivity index (χ4n) is 3.71. The van der Waals surface area contributed by atoms with Crippen molar-refractivity contribution in [1.29, 1.82) is 0 Å². The van der Waals surface area contributed by atoms with E-state index in [2.05, 4.69) is 10.6 Å². The molecule has 1 saturated carbocycles. The summed E-state index contributed by atoms with van der Waals surface area (Å²) >= 11 is 0. The van der Waals surface area contributed by atoms with Crippen LogP contribution in [0.25, 0.3) is 0 Å². The van der Waals surface area contributed by atoms with Crippen molar-refractivity contribution in [1.82, 2.24) is 15.5 Å². The van der Waals surface area contributed by atoms with E-state index in [4.69, 9.17) is 5.14 Å². The minimum Gasteiger partial charge on any atom is -0.354 e. The Labute approximate surface area is 163 Å². The smallest absolute Gasteiger partial charge is 0.325 e. The Morgan fingerprint density at radius 1 is 1.14 bits per heavy atom. The Hall–Kier alpha value is -2.46. The summed E-state index contributed by atoms with van der Waals surface area (Å²) in [4.78, 5) is 38.0. The summed E-state index contributed by atoms with van der Waals surface area (Å²) in [6, 6.07) is 5.54. The second-order valence-electron chi connectivity index (χ2n) is 7.25. The number of rotatable bonds is 6. The number of nitrogens with two attached hydrogens (primary N) is 1. The van der Waals surface area contributed by atoms with Gasteiger partial charge in [-0.15, -0.1) is 0 Å². The quantitative estimate of drug-likeness (QED) is 0.579. The maximum absolute atomic E-state index is 12.6. The summed E-state index contributed by atoms with van der Waals surface area (Å²) in [7, 11) is -3.73. The molecule has 28 heavy (non-hydrogen) atoms. The Balaban J connectivity index is 1.49. The third-order valence-electron chi connectivity index (χ3n) is 5.24. The number of sulfonamides is 1. The van der Waals surface area contributed by atoms with Crippen LogP contribution in [-0.2, 0) is 26.0 Å². The fourth-order valence-corrected chi connectivity index (χ4v) is 4.22. The number of hydrogen-bond donors (Lipinski definition) is 3. The number of carbonyl (C=O) groups is 3. The van der Waals surface area contributed by atoms with E-state index in [9.17, 15) is 22.8 Å². The number of carbonyl (C=O) groups excluding carboxylic acids is 3. The third-order valence-corrected chi connectivity index (χ3v) is 6.17. The first-order valence-electron chi connectivity index (χ1n) is 9.24. The van der Waals surface area contributed by atoms with Crippen molar-refractivity contribution in [2.24, 2.45) is 5.14 Å². The summed E-state index contributed by atoms with van der Waals surface area (Å²) in [6.45, 7) is -0.0148. The molecule has 1 heterocycles. The normalized spacial score (nSPS) is 19.0. The second-order valence-corrected chi connectivity index (χ2v) is 8.81. The molecule has 1 aromatic rings. The summed E-state index contributed by atoms with van der Waals surface area (Å²) in [5, 5.41) is 10.5. The number of urea groups is 1. The van der Waals surface area contributed by atoms with Gasteiger partial charge in [-0.1, -0.05) is 31.4 Å². The molecule has 152 valence electrons. The maximum Gasteiger partial charge on any atom is 0.325 e. The number of primary sulfonamides is 1. The molecule has 0 radical (unpaired) electrons. The average molecular weight is 408 g/mol. The maximum atomic E-state index is 12.6. The van der Waals surface area contributed by atoms with Gasteiger partial charge in [-0.2, -0.15) is 0 Å². The molecular formula is C18H24N4O5S. The average Bonchev–Trinajstić information content (AvgIpc) is 2.86. The fraction of sp³-hybridized carbons (Fsp3) is 0.500. The van der Waals surface area contributed by atoms with Gasteiger partial charge in [0.1, 0.15) is 12.1 Å². The predicted molar refractivity (Wildman–Crippen MR) is 101 cm³/mol. The van der Waals surface area contributed by atoms with Crippen LogP contribution in [0.1, 0.15) is 37.7 Å². The molecule has 1 saturated heterocycles. The highest BCUT2D eigenvalue weighted by Gasteiger charge is 2.51. The van der Waals surface area contributed by atoms with Gasteiger partial charge in [0, 0.05) is 6.54 Å². The SMILES string of the molecule is NS(=O)(=O)c1ccc(CCNC(=O)CN2C(=O)NC3(CCCCC3)C2=O)cc1. The number of hydrogen-bond acceptors (Lipinski definition) is 5. The van der Waals surface area contributed by atoms with E-state index in [0.717, 1.165) is 29.7 Å². The molecule has 1 aliphatic heterocycles. The van der Waals surface area contributed by atoms with E-state index in [0.29, 0.717) is 25.8 Å². The standard InChI is InChI=1S/C18H24N4O5S/c19-28(26,27)14-6-4-13(5-7-14)8-11-20-15(23)12-22-16(24)18(21-17(22)25)9-2-1-3-10-18/h4-7H,1-3,8-12H2,(H,20,23)(H,21,25)(H2,19,26,27). The zero-order valence-corrected chi connectivity index (χ0v) is 16.3. The molecule has 2 fully saturated rings. The van der Waals surface area contributed by atoms with Gasteiger partial charge in [-0.3, -0.25) is 14.5 Å². The van der Waals surface area contributed by atoms with Crippen LogP contribution in [0.3, 0.4) is 0 Å². The molecule has 4 N–H and O–H groups in total. The van der Waals surface area contributed by atoms with Gasteiger partial charge >= 0.3 is 6.03 Å². The molecule has 0 bridgehead atoms. The van der Waals surface area contributed by atoms with Crippen LogP contribution in [0.4, 0.5) is 4.79 Å². The summed E-state index contributed by atoms with van der Waals surface area (Å²) in [5.74, 6) is -0.733. The van der Waals surface area contributed by atoms with Crippen LogP contribution < -0.4 is 15.8 Å². The van der Waals surface area contributed by atoms with Crippen LogP contribution >= 0.6 is 0 Å². The molecule has 0 atom stereocenters. The van der Waals surface area contributed by atoms with Crippen molar-refractivity contribution in [3.63, 3.8) is 0 Å². The van der Waals surface area contributed by atoms with Crippen molar-refractivity contribution in [3.8, 4) is 0 Å². The Morgan fingerprint density at radius 2 is 1.79 bits per heavy atom. The Kier molecular flexibility index (Phi) is 5.71. The molecule has 0 unspecified atom stereocenters. The Bertz CT molecular complexity index is 876. The minimum absolute atomic E-state index is 0.0236. The van der Waals surface area contributed by atoms with Gasteiger partial charge in [-0.25, -0.2) is 18.4 Å². The number of nitrogens with one attached hydrogen (secondary N) is 2. The van der Waals surface area contributed by atoms with Crippen LogP contribution in [0.15, 0.2) is 29.2 Å². The molecule has 0 aromatic heterocycles. The molecular weight excluding hydrogens is 384 g/mol. The first-order chi connectivity index (χ1) is 13.2. The first kappa shape index (κ1) is 20.3. The van der Waals surface area contributed by atoms with Gasteiger partial charge in [0.15, 0.2) is 0 Å². The van der Waals surface area contributed by atoms with E-state index < -0.39 is 27.5 Å². The first-order valence-corrected chi connectivity index (χ1v) is 10.8. The van der Waals surface area contributed by atoms with Gasteiger partial charge in [0.05, 0.1) is 4.90 Å². The molecule has 2 aliphatic rings. The topological polar surface area (TPSA) is 139 Å². The Morgan fingerprint density at radius 3 is 2.39 bits per heavy atom. The molecule has 3 rings (SSSR count). The van der Waals surface area contributed by atoms with Crippen LogP contribution in [-0.4, -0.2) is 49.8 Å². The lowest BCUT2D eigenvalue weighted by Gasteiger charge is -2.30. The monoisotopic (exact) mass is 408 g/mol. The summed E-state index contributed by atoms with van der Waals surface area (Å²) < 4.78 is 22.5. The number of amides is 4. The number of nitrogens with zero attached hydrogens (tertiary/aromatic N) is 1.